The first-order valence-corrected chi connectivity index (χ1v) is 8.51. The van der Waals surface area contributed by atoms with Crippen LogP contribution in [-0.4, -0.2) is 11.9 Å². The monoisotopic (exact) mass is 383 g/mol. The Morgan fingerprint density at radius 3 is 2.42 bits per heavy atom. The highest BCUT2D eigenvalue weighted by Gasteiger charge is 2.24. The summed E-state index contributed by atoms with van der Waals surface area (Å²) in [7, 11) is 0. The second kappa shape index (κ2) is 6.36. The topological polar surface area (TPSA) is 38.7 Å². The van der Waals surface area contributed by atoms with Gasteiger partial charge in [-0.25, -0.2) is 9.79 Å². The summed E-state index contributed by atoms with van der Waals surface area (Å²) in [5.41, 5.74) is 3.35. The van der Waals surface area contributed by atoms with Gasteiger partial charge in [-0.15, -0.1) is 0 Å². The number of carbonyl (C=O) groups excluding carboxylic acids is 1. The molecule has 0 amide bonds. The quantitative estimate of drug-likeness (QED) is 0.534. The largest absolute Gasteiger partial charge is 0.402 e. The Kier molecular flexibility index (Phi) is 4.41. The van der Waals surface area contributed by atoms with Crippen LogP contribution in [0.15, 0.2) is 63.7 Å². The van der Waals surface area contributed by atoms with Crippen molar-refractivity contribution in [2.45, 2.75) is 26.2 Å². The molecule has 0 saturated carbocycles. The molecule has 4 heteroatoms. The maximum atomic E-state index is 12.1. The van der Waals surface area contributed by atoms with E-state index in [1.54, 1.807) is 6.08 Å². The summed E-state index contributed by atoms with van der Waals surface area (Å²) in [6.07, 6.45) is 1.75. The van der Waals surface area contributed by atoms with E-state index in [0.29, 0.717) is 11.6 Å². The lowest BCUT2D eigenvalue weighted by molar-refractivity contribution is -0.129. The van der Waals surface area contributed by atoms with E-state index in [9.17, 15) is 4.79 Å². The number of ether oxygens (including phenoxy) is 1. The third-order valence-corrected chi connectivity index (χ3v) is 4.27. The van der Waals surface area contributed by atoms with Crippen LogP contribution in [0.3, 0.4) is 0 Å². The molecule has 0 aliphatic carbocycles. The molecular formula is C20H18BrNO2. The molecule has 0 bridgehead atoms. The number of hydrogen-bond donors (Lipinski definition) is 0. The molecule has 1 aliphatic rings. The number of esters is 1. The van der Waals surface area contributed by atoms with E-state index in [1.807, 2.05) is 36.4 Å². The van der Waals surface area contributed by atoms with E-state index in [0.717, 1.165) is 15.6 Å². The molecule has 2 aromatic carbocycles. The number of hydrogen-bond acceptors (Lipinski definition) is 3. The molecule has 1 aliphatic heterocycles. The summed E-state index contributed by atoms with van der Waals surface area (Å²) < 4.78 is 6.20. The molecule has 1 heterocycles. The van der Waals surface area contributed by atoms with Crippen LogP contribution in [0.5, 0.6) is 0 Å². The summed E-state index contributed by atoms with van der Waals surface area (Å²) in [6.45, 7) is 6.51. The van der Waals surface area contributed by atoms with Gasteiger partial charge in [0.15, 0.2) is 5.70 Å². The van der Waals surface area contributed by atoms with Gasteiger partial charge in [0.05, 0.1) is 0 Å². The highest BCUT2D eigenvalue weighted by atomic mass is 79.9. The number of carbonyl (C=O) groups is 1. The zero-order chi connectivity index (χ0) is 17.3. The molecule has 2 aromatic rings. The third kappa shape index (κ3) is 3.65. The first kappa shape index (κ1) is 16.7. The van der Waals surface area contributed by atoms with E-state index >= 15 is 0 Å². The fourth-order valence-electron chi connectivity index (χ4n) is 2.39. The Bertz CT molecular complexity index is 843. The minimum atomic E-state index is -0.426. The molecule has 0 atom stereocenters. The average Bonchev–Trinajstić information content (AvgIpc) is 2.88. The Morgan fingerprint density at radius 2 is 1.79 bits per heavy atom. The molecule has 24 heavy (non-hydrogen) atoms. The van der Waals surface area contributed by atoms with Crippen LogP contribution in [0.2, 0.25) is 0 Å². The standard InChI is InChI=1S/C20H18BrNO2/c1-20(2,3)15-9-7-13(8-10-15)11-17-19(23)24-18(22-17)14-5-4-6-16(21)12-14/h4-12H,1-3H3/b17-11-. The number of rotatable bonds is 2. The van der Waals surface area contributed by atoms with Gasteiger partial charge in [0, 0.05) is 10.0 Å². The summed E-state index contributed by atoms with van der Waals surface area (Å²) >= 11 is 3.41. The van der Waals surface area contributed by atoms with E-state index in [1.165, 1.54) is 5.56 Å². The zero-order valence-corrected chi connectivity index (χ0v) is 15.4. The fraction of sp³-hybridized carbons (Fsp3) is 0.200. The number of cyclic esters (lactones) is 1. The Hall–Kier alpha value is -2.20. The van der Waals surface area contributed by atoms with Gasteiger partial charge in [0.1, 0.15) is 0 Å². The van der Waals surface area contributed by atoms with E-state index in [2.05, 4.69) is 53.8 Å². The van der Waals surface area contributed by atoms with Crippen LogP contribution in [0, 0.1) is 0 Å². The average molecular weight is 384 g/mol. The molecule has 0 saturated heterocycles. The van der Waals surface area contributed by atoms with Crippen molar-refractivity contribution in [2.24, 2.45) is 4.99 Å². The lowest BCUT2D eigenvalue weighted by Gasteiger charge is -2.18. The molecule has 0 aromatic heterocycles. The number of nitrogens with zero attached hydrogens (tertiary/aromatic N) is 1. The normalized spacial score (nSPS) is 16.2. The Labute approximate surface area is 150 Å². The van der Waals surface area contributed by atoms with Crippen molar-refractivity contribution in [2.75, 3.05) is 0 Å². The van der Waals surface area contributed by atoms with Gasteiger partial charge < -0.3 is 4.74 Å². The molecule has 3 nitrogen and oxygen atoms in total. The van der Waals surface area contributed by atoms with Crippen molar-refractivity contribution < 1.29 is 9.53 Å². The van der Waals surface area contributed by atoms with Gasteiger partial charge in [-0.1, -0.05) is 67.0 Å². The Balaban J connectivity index is 1.88. The zero-order valence-electron chi connectivity index (χ0n) is 13.8. The minimum absolute atomic E-state index is 0.101. The highest BCUT2D eigenvalue weighted by Crippen LogP contribution is 2.24. The lowest BCUT2D eigenvalue weighted by Crippen LogP contribution is -2.10. The molecule has 3 rings (SSSR count). The molecular weight excluding hydrogens is 366 g/mol. The van der Waals surface area contributed by atoms with Crippen molar-refractivity contribution in [1.82, 2.24) is 0 Å². The number of aliphatic imine (C=N–C) groups is 1. The van der Waals surface area contributed by atoms with Crippen LogP contribution in [0.25, 0.3) is 6.08 Å². The summed E-state index contributed by atoms with van der Waals surface area (Å²) in [5.74, 6) is -0.0938. The van der Waals surface area contributed by atoms with Gasteiger partial charge in [-0.2, -0.15) is 0 Å². The maximum Gasteiger partial charge on any atom is 0.363 e. The minimum Gasteiger partial charge on any atom is -0.402 e. The maximum absolute atomic E-state index is 12.1. The molecule has 0 radical (unpaired) electrons. The van der Waals surface area contributed by atoms with Crippen LogP contribution < -0.4 is 0 Å². The number of halogens is 1. The summed E-state index contributed by atoms with van der Waals surface area (Å²) in [4.78, 5) is 16.4. The SMILES string of the molecule is CC(C)(C)c1ccc(/C=C2\N=C(c3cccc(Br)c3)OC2=O)cc1. The van der Waals surface area contributed by atoms with Gasteiger partial charge in [0.25, 0.3) is 0 Å². The van der Waals surface area contributed by atoms with Crippen LogP contribution in [-0.2, 0) is 14.9 Å². The lowest BCUT2D eigenvalue weighted by atomic mass is 9.87. The van der Waals surface area contributed by atoms with Crippen molar-refractivity contribution in [3.63, 3.8) is 0 Å². The predicted octanol–water partition coefficient (Wildman–Crippen LogP) is 5.09. The van der Waals surface area contributed by atoms with Crippen molar-refractivity contribution >= 4 is 33.9 Å². The Morgan fingerprint density at radius 1 is 1.08 bits per heavy atom. The molecule has 0 fully saturated rings. The van der Waals surface area contributed by atoms with Gasteiger partial charge >= 0.3 is 5.97 Å². The molecule has 0 unspecified atom stereocenters. The molecule has 0 N–H and O–H groups in total. The summed E-state index contributed by atoms with van der Waals surface area (Å²) in [6, 6.07) is 15.7. The van der Waals surface area contributed by atoms with E-state index < -0.39 is 5.97 Å². The van der Waals surface area contributed by atoms with Crippen LogP contribution in [0.1, 0.15) is 37.5 Å². The van der Waals surface area contributed by atoms with Gasteiger partial charge in [0.2, 0.25) is 5.90 Å². The van der Waals surface area contributed by atoms with E-state index in [4.69, 9.17) is 4.74 Å². The van der Waals surface area contributed by atoms with Crippen molar-refractivity contribution in [3.8, 4) is 0 Å². The third-order valence-electron chi connectivity index (χ3n) is 3.77. The second-order valence-electron chi connectivity index (χ2n) is 6.72. The molecule has 0 spiro atoms. The number of benzene rings is 2. The van der Waals surface area contributed by atoms with Crippen molar-refractivity contribution in [1.29, 1.82) is 0 Å². The van der Waals surface area contributed by atoms with E-state index in [-0.39, 0.29) is 5.41 Å². The fourth-order valence-corrected chi connectivity index (χ4v) is 2.79. The highest BCUT2D eigenvalue weighted by molar-refractivity contribution is 9.10. The first-order valence-electron chi connectivity index (χ1n) is 7.72. The predicted molar refractivity (Wildman–Crippen MR) is 99.9 cm³/mol. The van der Waals surface area contributed by atoms with Crippen LogP contribution >= 0.6 is 15.9 Å². The second-order valence-corrected chi connectivity index (χ2v) is 7.63. The smallest absolute Gasteiger partial charge is 0.363 e. The van der Waals surface area contributed by atoms with Crippen LogP contribution in [0.4, 0.5) is 0 Å². The summed E-state index contributed by atoms with van der Waals surface area (Å²) in [5, 5.41) is 0. The van der Waals surface area contributed by atoms with Crippen molar-refractivity contribution in [3.05, 3.63) is 75.4 Å². The van der Waals surface area contributed by atoms with Gasteiger partial charge in [-0.3, -0.25) is 0 Å². The first-order chi connectivity index (χ1) is 11.3. The van der Waals surface area contributed by atoms with Gasteiger partial charge in [-0.05, 0) is 40.8 Å². The molecule has 122 valence electrons.